The highest BCUT2D eigenvalue weighted by Crippen LogP contribution is 2.17. The smallest absolute Gasteiger partial charge is 0.309 e. The van der Waals surface area contributed by atoms with Crippen LogP contribution in [0.25, 0.3) is 0 Å². The zero-order valence-electron chi connectivity index (χ0n) is 12.1. The Morgan fingerprint density at radius 3 is 2.29 bits per heavy atom. The lowest BCUT2D eigenvalue weighted by molar-refractivity contribution is 0.379. The number of benzene rings is 1. The van der Waals surface area contributed by atoms with E-state index in [-0.39, 0.29) is 10.9 Å². The van der Waals surface area contributed by atoms with E-state index in [1.165, 1.54) is 12.1 Å². The standard InChI is InChI=1S/C12H19FN2O4S2/c1-10(7-8-15(2)3)14-21(18,19)12-6-4-5-11(9-12)20(13,16)17/h4-6,9-10,14H,7-8H2,1-3H3. The number of rotatable bonds is 7. The first-order valence-corrected chi connectivity index (χ1v) is 9.11. The number of sulfonamides is 1. The highest BCUT2D eigenvalue weighted by Gasteiger charge is 2.20. The summed E-state index contributed by atoms with van der Waals surface area (Å²) in [4.78, 5) is 0.963. The van der Waals surface area contributed by atoms with Crippen LogP contribution in [0.4, 0.5) is 3.89 Å². The summed E-state index contributed by atoms with van der Waals surface area (Å²) in [6.45, 7) is 2.40. The van der Waals surface area contributed by atoms with E-state index in [1.807, 2.05) is 19.0 Å². The van der Waals surface area contributed by atoms with Crippen molar-refractivity contribution in [2.24, 2.45) is 0 Å². The Kier molecular flexibility index (Phi) is 5.85. The molecule has 6 nitrogen and oxygen atoms in total. The van der Waals surface area contributed by atoms with Crippen LogP contribution in [0.5, 0.6) is 0 Å². The third-order valence-electron chi connectivity index (χ3n) is 2.76. The highest BCUT2D eigenvalue weighted by molar-refractivity contribution is 7.89. The Labute approximate surface area is 125 Å². The van der Waals surface area contributed by atoms with Gasteiger partial charge in [-0.25, -0.2) is 13.1 Å². The van der Waals surface area contributed by atoms with Gasteiger partial charge in [-0.2, -0.15) is 8.42 Å². The summed E-state index contributed by atoms with van der Waals surface area (Å²) in [6.07, 6.45) is 0.591. The second-order valence-corrected chi connectivity index (χ2v) is 8.09. The Balaban J connectivity index is 2.93. The van der Waals surface area contributed by atoms with E-state index in [9.17, 15) is 20.7 Å². The fourth-order valence-electron chi connectivity index (χ4n) is 1.64. The molecule has 0 spiro atoms. The van der Waals surface area contributed by atoms with Gasteiger partial charge in [-0.15, -0.1) is 3.89 Å². The van der Waals surface area contributed by atoms with E-state index in [0.29, 0.717) is 13.0 Å². The predicted octanol–water partition coefficient (Wildman–Crippen LogP) is 0.963. The fraction of sp³-hybridized carbons (Fsp3) is 0.500. The van der Waals surface area contributed by atoms with Crippen LogP contribution < -0.4 is 4.72 Å². The predicted molar refractivity (Wildman–Crippen MR) is 77.7 cm³/mol. The molecule has 0 aliphatic rings. The zero-order chi connectivity index (χ0) is 16.3. The van der Waals surface area contributed by atoms with E-state index >= 15 is 0 Å². The molecule has 0 bridgehead atoms. The second-order valence-electron chi connectivity index (χ2n) is 5.03. The normalized spacial score (nSPS) is 14.3. The minimum Gasteiger partial charge on any atom is -0.309 e. The topological polar surface area (TPSA) is 83.6 Å². The first kappa shape index (κ1) is 18.0. The van der Waals surface area contributed by atoms with E-state index < -0.39 is 25.1 Å². The minimum atomic E-state index is -4.93. The van der Waals surface area contributed by atoms with Gasteiger partial charge in [0.25, 0.3) is 0 Å². The molecule has 21 heavy (non-hydrogen) atoms. The van der Waals surface area contributed by atoms with Gasteiger partial charge in [0.05, 0.1) is 9.79 Å². The summed E-state index contributed by atoms with van der Waals surface area (Å²) in [5.74, 6) is 0. The maximum Gasteiger partial charge on any atom is 0.332 e. The molecule has 1 unspecified atom stereocenters. The number of nitrogens with one attached hydrogen (secondary N) is 1. The van der Waals surface area contributed by atoms with Gasteiger partial charge in [-0.3, -0.25) is 0 Å². The molecule has 0 radical (unpaired) electrons. The molecule has 1 aromatic rings. The number of halogens is 1. The molecule has 0 aliphatic carbocycles. The van der Waals surface area contributed by atoms with Gasteiger partial charge >= 0.3 is 10.2 Å². The quantitative estimate of drug-likeness (QED) is 0.749. The molecule has 0 aromatic heterocycles. The van der Waals surface area contributed by atoms with Gasteiger partial charge in [-0.1, -0.05) is 6.07 Å². The summed E-state index contributed by atoms with van der Waals surface area (Å²) >= 11 is 0. The van der Waals surface area contributed by atoms with Crippen molar-refractivity contribution in [3.05, 3.63) is 24.3 Å². The number of hydrogen-bond acceptors (Lipinski definition) is 5. The highest BCUT2D eigenvalue weighted by atomic mass is 32.3. The first-order chi connectivity index (χ1) is 9.52. The van der Waals surface area contributed by atoms with E-state index in [4.69, 9.17) is 0 Å². The van der Waals surface area contributed by atoms with Crippen LogP contribution >= 0.6 is 0 Å². The van der Waals surface area contributed by atoms with Gasteiger partial charge in [0, 0.05) is 6.04 Å². The van der Waals surface area contributed by atoms with Crippen LogP contribution in [0.15, 0.2) is 34.1 Å². The van der Waals surface area contributed by atoms with Gasteiger partial charge in [0.15, 0.2) is 0 Å². The molecule has 120 valence electrons. The van der Waals surface area contributed by atoms with E-state index in [2.05, 4.69) is 4.72 Å². The van der Waals surface area contributed by atoms with Gasteiger partial charge in [-0.05, 0) is 52.2 Å². The Hall–Kier alpha value is -1.03. The lowest BCUT2D eigenvalue weighted by Gasteiger charge is -2.17. The van der Waals surface area contributed by atoms with Crippen molar-refractivity contribution in [1.82, 2.24) is 9.62 Å². The molecule has 1 aromatic carbocycles. The van der Waals surface area contributed by atoms with Gasteiger partial charge in [0.2, 0.25) is 10.0 Å². The van der Waals surface area contributed by atoms with Crippen molar-refractivity contribution >= 4 is 20.2 Å². The van der Waals surface area contributed by atoms with Crippen LogP contribution in [-0.2, 0) is 20.2 Å². The minimum absolute atomic E-state index is 0.280. The maximum absolute atomic E-state index is 12.9. The summed E-state index contributed by atoms with van der Waals surface area (Å²) in [7, 11) is -5.08. The summed E-state index contributed by atoms with van der Waals surface area (Å²) in [5, 5.41) is 0. The molecular formula is C12H19FN2O4S2. The van der Waals surface area contributed by atoms with Crippen molar-refractivity contribution < 1.29 is 20.7 Å². The van der Waals surface area contributed by atoms with Gasteiger partial charge < -0.3 is 4.90 Å². The molecule has 1 N–H and O–H groups in total. The lowest BCUT2D eigenvalue weighted by atomic mass is 10.2. The SMILES string of the molecule is CC(CCN(C)C)NS(=O)(=O)c1cccc(S(=O)(=O)F)c1. The Morgan fingerprint density at radius 2 is 1.76 bits per heavy atom. The fourth-order valence-corrected chi connectivity index (χ4v) is 3.54. The monoisotopic (exact) mass is 338 g/mol. The Morgan fingerprint density at radius 1 is 1.19 bits per heavy atom. The molecule has 0 saturated heterocycles. The number of hydrogen-bond donors (Lipinski definition) is 1. The Bertz CT molecular complexity index is 687. The first-order valence-electron chi connectivity index (χ1n) is 6.24. The molecule has 0 saturated carbocycles. The van der Waals surface area contributed by atoms with E-state index in [1.54, 1.807) is 6.92 Å². The summed E-state index contributed by atoms with van der Waals surface area (Å²) in [5.41, 5.74) is 0. The van der Waals surface area contributed by atoms with Gasteiger partial charge in [0.1, 0.15) is 0 Å². The lowest BCUT2D eigenvalue weighted by Crippen LogP contribution is -2.34. The maximum atomic E-state index is 12.9. The van der Waals surface area contributed by atoms with Crippen LogP contribution in [0.1, 0.15) is 13.3 Å². The number of nitrogens with zero attached hydrogens (tertiary/aromatic N) is 1. The summed E-state index contributed by atoms with van der Waals surface area (Å²) < 4.78 is 61.2. The van der Waals surface area contributed by atoms with Crippen LogP contribution in [0.2, 0.25) is 0 Å². The van der Waals surface area contributed by atoms with Crippen molar-refractivity contribution in [1.29, 1.82) is 0 Å². The largest absolute Gasteiger partial charge is 0.332 e. The third-order valence-corrected chi connectivity index (χ3v) is 5.17. The second kappa shape index (κ2) is 6.82. The molecule has 9 heteroatoms. The van der Waals surface area contributed by atoms with Crippen molar-refractivity contribution in [3.8, 4) is 0 Å². The zero-order valence-corrected chi connectivity index (χ0v) is 13.7. The van der Waals surface area contributed by atoms with Crippen LogP contribution in [0, 0.1) is 0 Å². The third kappa shape index (κ3) is 5.70. The molecule has 0 fully saturated rings. The molecular weight excluding hydrogens is 319 g/mol. The van der Waals surface area contributed by atoms with Crippen molar-refractivity contribution in [2.75, 3.05) is 20.6 Å². The van der Waals surface area contributed by atoms with Crippen molar-refractivity contribution in [3.63, 3.8) is 0 Å². The molecule has 1 atom stereocenters. The molecule has 0 heterocycles. The van der Waals surface area contributed by atoms with E-state index in [0.717, 1.165) is 12.1 Å². The van der Waals surface area contributed by atoms with Crippen LogP contribution in [0.3, 0.4) is 0 Å². The molecule has 1 rings (SSSR count). The molecule has 0 aliphatic heterocycles. The van der Waals surface area contributed by atoms with Crippen molar-refractivity contribution in [2.45, 2.75) is 29.2 Å². The average molecular weight is 338 g/mol. The average Bonchev–Trinajstić information content (AvgIpc) is 2.35. The van der Waals surface area contributed by atoms with Crippen LogP contribution in [-0.4, -0.2) is 48.4 Å². The molecule has 0 amide bonds. The summed E-state index contributed by atoms with van der Waals surface area (Å²) in [6, 6.07) is 3.88.